The van der Waals surface area contributed by atoms with Gasteiger partial charge in [0.05, 0.1) is 0 Å². The van der Waals surface area contributed by atoms with Gasteiger partial charge in [-0.25, -0.2) is 0 Å². The van der Waals surface area contributed by atoms with Crippen molar-refractivity contribution in [3.8, 4) is 11.1 Å². The van der Waals surface area contributed by atoms with E-state index < -0.39 is 0 Å². The van der Waals surface area contributed by atoms with Crippen LogP contribution in [0.25, 0.3) is 16.7 Å². The van der Waals surface area contributed by atoms with Crippen molar-refractivity contribution in [2.24, 2.45) is 0 Å². The first-order valence-corrected chi connectivity index (χ1v) is 7.57. The molecule has 2 aromatic carbocycles. The highest BCUT2D eigenvalue weighted by Crippen LogP contribution is 2.47. The molecule has 0 aliphatic heterocycles. The van der Waals surface area contributed by atoms with Crippen LogP contribution >= 0.6 is 0 Å². The Morgan fingerprint density at radius 3 is 2.05 bits per heavy atom. The first-order chi connectivity index (χ1) is 9.89. The van der Waals surface area contributed by atoms with Gasteiger partial charge in [0.2, 0.25) is 0 Å². The molecule has 21 heavy (non-hydrogen) atoms. The van der Waals surface area contributed by atoms with Crippen LogP contribution in [0.4, 0.5) is 0 Å². The first-order valence-electron chi connectivity index (χ1n) is 7.57. The molecule has 0 atom stereocenters. The largest absolute Gasteiger partial charge is 0.113 e. The summed E-state index contributed by atoms with van der Waals surface area (Å²) in [4.78, 5) is 0. The van der Waals surface area contributed by atoms with E-state index in [1.165, 1.54) is 39.0 Å². The fraction of sp³-hybridized carbons (Fsp3) is 0.286. The molecular weight excluding hydrogens is 252 g/mol. The zero-order valence-electron chi connectivity index (χ0n) is 13.5. The molecule has 0 heterocycles. The van der Waals surface area contributed by atoms with Crippen LogP contribution in [-0.2, 0) is 5.41 Å². The van der Waals surface area contributed by atoms with E-state index in [0.717, 1.165) is 0 Å². The third-order valence-corrected chi connectivity index (χ3v) is 3.98. The molecule has 0 aromatic heterocycles. The van der Waals surface area contributed by atoms with Crippen LogP contribution in [-0.4, -0.2) is 0 Å². The predicted octanol–water partition coefficient (Wildman–Crippen LogP) is 5.96. The fourth-order valence-electron chi connectivity index (χ4n) is 3.12. The molecule has 0 nitrogen and oxygen atoms in total. The second kappa shape index (κ2) is 4.76. The highest BCUT2D eigenvalue weighted by Gasteiger charge is 2.29. The van der Waals surface area contributed by atoms with E-state index >= 15 is 0 Å². The molecule has 0 heteroatoms. The van der Waals surface area contributed by atoms with Gasteiger partial charge in [-0.05, 0) is 47.1 Å². The summed E-state index contributed by atoms with van der Waals surface area (Å²) < 4.78 is 0. The molecule has 106 valence electrons. The molecule has 0 bridgehead atoms. The lowest BCUT2D eigenvalue weighted by Crippen LogP contribution is -2.13. The molecule has 0 fully saturated rings. The SMILES string of the molecule is CC(C)=C=C1c2ccccc2-c2cccc(C(C)(C)C)c21. The Morgan fingerprint density at radius 1 is 0.810 bits per heavy atom. The van der Waals surface area contributed by atoms with Crippen LogP contribution < -0.4 is 0 Å². The monoisotopic (exact) mass is 274 g/mol. The second-order valence-corrected chi connectivity index (χ2v) is 7.02. The Balaban J connectivity index is 2.46. The zero-order chi connectivity index (χ0) is 15.2. The summed E-state index contributed by atoms with van der Waals surface area (Å²) in [7, 11) is 0. The Kier molecular flexibility index (Phi) is 3.15. The highest BCUT2D eigenvalue weighted by molar-refractivity contribution is 6.02. The Morgan fingerprint density at radius 2 is 1.43 bits per heavy atom. The maximum atomic E-state index is 3.60. The van der Waals surface area contributed by atoms with Crippen LogP contribution in [0.2, 0.25) is 0 Å². The van der Waals surface area contributed by atoms with Gasteiger partial charge in [0, 0.05) is 11.1 Å². The lowest BCUT2D eigenvalue weighted by molar-refractivity contribution is 0.589. The Hall–Kier alpha value is -2.04. The van der Waals surface area contributed by atoms with Crippen molar-refractivity contribution in [3.63, 3.8) is 0 Å². The van der Waals surface area contributed by atoms with Gasteiger partial charge >= 0.3 is 0 Å². The summed E-state index contributed by atoms with van der Waals surface area (Å²) in [5.74, 6) is 0. The van der Waals surface area contributed by atoms with Gasteiger partial charge < -0.3 is 0 Å². The standard InChI is InChI=1S/C21H22/c1-14(2)13-18-16-10-7-6-9-15(16)17-11-8-12-19(20(17)18)21(3,4)5/h6-12H,1-5H3. The summed E-state index contributed by atoms with van der Waals surface area (Å²) in [6.07, 6.45) is 0. The van der Waals surface area contributed by atoms with Gasteiger partial charge in [-0.2, -0.15) is 0 Å². The molecule has 0 N–H and O–H groups in total. The summed E-state index contributed by atoms with van der Waals surface area (Å²) in [6.45, 7) is 11.1. The summed E-state index contributed by atoms with van der Waals surface area (Å²) >= 11 is 0. The van der Waals surface area contributed by atoms with Crippen molar-refractivity contribution < 1.29 is 0 Å². The maximum absolute atomic E-state index is 3.60. The van der Waals surface area contributed by atoms with Crippen molar-refractivity contribution in [3.05, 3.63) is 70.5 Å². The van der Waals surface area contributed by atoms with Crippen molar-refractivity contribution in [1.29, 1.82) is 0 Å². The lowest BCUT2D eigenvalue weighted by atomic mass is 9.81. The smallest absolute Gasteiger partial charge is 0.0324 e. The van der Waals surface area contributed by atoms with Crippen molar-refractivity contribution >= 4 is 5.57 Å². The molecular formula is C21H22. The van der Waals surface area contributed by atoms with Crippen molar-refractivity contribution in [2.45, 2.75) is 40.0 Å². The van der Waals surface area contributed by atoms with Gasteiger partial charge in [-0.3, -0.25) is 0 Å². The quantitative estimate of drug-likeness (QED) is 0.444. The van der Waals surface area contributed by atoms with Gasteiger partial charge in [0.1, 0.15) is 0 Å². The van der Waals surface area contributed by atoms with Crippen LogP contribution in [0.5, 0.6) is 0 Å². The van der Waals surface area contributed by atoms with E-state index in [1.54, 1.807) is 0 Å². The number of benzene rings is 2. The number of allylic oxidation sites excluding steroid dienone is 1. The lowest BCUT2D eigenvalue weighted by Gasteiger charge is -2.23. The molecule has 0 unspecified atom stereocenters. The first kappa shape index (κ1) is 13.9. The van der Waals surface area contributed by atoms with Gasteiger partial charge in [-0.15, -0.1) is 5.73 Å². The average molecular weight is 274 g/mol. The fourth-order valence-corrected chi connectivity index (χ4v) is 3.12. The van der Waals surface area contributed by atoms with Crippen LogP contribution in [0.3, 0.4) is 0 Å². The van der Waals surface area contributed by atoms with Crippen molar-refractivity contribution in [2.75, 3.05) is 0 Å². The normalized spacial score (nSPS) is 12.7. The van der Waals surface area contributed by atoms with E-state index in [-0.39, 0.29) is 5.41 Å². The van der Waals surface area contributed by atoms with Gasteiger partial charge in [0.15, 0.2) is 0 Å². The van der Waals surface area contributed by atoms with Crippen molar-refractivity contribution in [1.82, 2.24) is 0 Å². The van der Waals surface area contributed by atoms with E-state index in [2.05, 4.69) is 82.8 Å². The van der Waals surface area contributed by atoms with Crippen LogP contribution in [0.1, 0.15) is 51.3 Å². The maximum Gasteiger partial charge on any atom is 0.0324 e. The molecule has 0 amide bonds. The molecule has 3 rings (SSSR count). The number of rotatable bonds is 0. The number of hydrogen-bond acceptors (Lipinski definition) is 0. The van der Waals surface area contributed by atoms with E-state index in [9.17, 15) is 0 Å². The van der Waals surface area contributed by atoms with E-state index in [4.69, 9.17) is 0 Å². The molecule has 0 saturated heterocycles. The minimum absolute atomic E-state index is 0.127. The minimum atomic E-state index is 0.127. The van der Waals surface area contributed by atoms with Gasteiger partial charge in [0.25, 0.3) is 0 Å². The Bertz CT molecular complexity index is 772. The molecule has 0 spiro atoms. The van der Waals surface area contributed by atoms with Gasteiger partial charge in [-0.1, -0.05) is 63.2 Å². The number of hydrogen-bond donors (Lipinski definition) is 0. The molecule has 2 aromatic rings. The third-order valence-electron chi connectivity index (χ3n) is 3.98. The topological polar surface area (TPSA) is 0 Å². The van der Waals surface area contributed by atoms with E-state index in [0.29, 0.717) is 0 Å². The molecule has 1 aliphatic carbocycles. The van der Waals surface area contributed by atoms with Crippen LogP contribution in [0, 0.1) is 0 Å². The summed E-state index contributed by atoms with van der Waals surface area (Å²) in [6, 6.07) is 15.4. The molecule has 0 radical (unpaired) electrons. The number of fused-ring (bicyclic) bond motifs is 3. The average Bonchev–Trinajstić information content (AvgIpc) is 2.72. The van der Waals surface area contributed by atoms with Crippen LogP contribution in [0.15, 0.2) is 53.8 Å². The summed E-state index contributed by atoms with van der Waals surface area (Å²) in [5, 5.41) is 0. The zero-order valence-corrected chi connectivity index (χ0v) is 13.5. The third kappa shape index (κ3) is 2.26. The molecule has 0 saturated carbocycles. The predicted molar refractivity (Wildman–Crippen MR) is 91.5 cm³/mol. The second-order valence-electron chi connectivity index (χ2n) is 7.02. The van der Waals surface area contributed by atoms with E-state index in [1.807, 2.05) is 0 Å². The minimum Gasteiger partial charge on any atom is -0.113 e. The highest BCUT2D eigenvalue weighted by atomic mass is 14.3. The Labute approximate surface area is 127 Å². The molecule has 1 aliphatic rings. The summed E-state index contributed by atoms with van der Waals surface area (Å²) in [5.41, 5.74) is 13.0.